The van der Waals surface area contributed by atoms with Crippen molar-refractivity contribution in [2.45, 2.75) is 75.4 Å². The summed E-state index contributed by atoms with van der Waals surface area (Å²) in [5.74, 6) is 1.31. The summed E-state index contributed by atoms with van der Waals surface area (Å²) >= 11 is 0. The number of benzene rings is 3. The summed E-state index contributed by atoms with van der Waals surface area (Å²) in [6, 6.07) is 29.6. The highest BCUT2D eigenvalue weighted by Gasteiger charge is 2.44. The average molecular weight is 572 g/mol. The van der Waals surface area contributed by atoms with Crippen molar-refractivity contribution in [2.24, 2.45) is 0 Å². The number of nitrogens with zero attached hydrogens (tertiary/aromatic N) is 4. The van der Waals surface area contributed by atoms with E-state index < -0.39 is 0 Å². The first kappa shape index (κ1) is 26.7. The van der Waals surface area contributed by atoms with Crippen molar-refractivity contribution < 1.29 is 4.79 Å². The Kier molecular flexibility index (Phi) is 6.63. The summed E-state index contributed by atoms with van der Waals surface area (Å²) in [5, 5.41) is 1.02. The molecule has 3 fully saturated rings. The van der Waals surface area contributed by atoms with Gasteiger partial charge in [-0.15, -0.1) is 0 Å². The molecule has 8 rings (SSSR count). The molecular weight excluding hydrogens is 530 g/mol. The number of imidazole rings is 1. The predicted molar refractivity (Wildman–Crippen MR) is 172 cm³/mol. The first-order valence-corrected chi connectivity index (χ1v) is 16.2. The second-order valence-corrected chi connectivity index (χ2v) is 13.2. The van der Waals surface area contributed by atoms with Crippen LogP contribution in [0.1, 0.15) is 72.7 Å². The largest absolute Gasteiger partial charge is 0.361 e. The minimum atomic E-state index is 0.103. The number of likely N-dealkylation sites (tertiary alicyclic amines) is 1. The lowest BCUT2D eigenvalue weighted by Gasteiger charge is -2.45. The van der Waals surface area contributed by atoms with Crippen LogP contribution in [-0.2, 0) is 5.41 Å². The lowest BCUT2D eigenvalue weighted by Crippen LogP contribution is -2.49. The lowest BCUT2D eigenvalue weighted by molar-refractivity contribution is 0.0608. The topological polar surface area (TPSA) is 57.2 Å². The monoisotopic (exact) mass is 571 g/mol. The van der Waals surface area contributed by atoms with Crippen LogP contribution in [0.5, 0.6) is 0 Å². The second kappa shape index (κ2) is 10.7. The summed E-state index contributed by atoms with van der Waals surface area (Å²) in [7, 11) is 0. The van der Waals surface area contributed by atoms with E-state index >= 15 is 0 Å². The number of carbonyl (C=O) groups excluding carboxylic acids is 1. The van der Waals surface area contributed by atoms with E-state index in [1.807, 2.05) is 30.5 Å². The number of fused-ring (bicyclic) bond motifs is 4. The molecule has 3 saturated heterocycles. The zero-order valence-electron chi connectivity index (χ0n) is 25.1. The van der Waals surface area contributed by atoms with Gasteiger partial charge in [-0.05, 0) is 99.7 Å². The van der Waals surface area contributed by atoms with Crippen LogP contribution in [0, 0.1) is 6.92 Å². The number of hydrogen-bond acceptors (Lipinski definition) is 3. The number of piperidine rings is 2. The van der Waals surface area contributed by atoms with Gasteiger partial charge in [-0.3, -0.25) is 9.69 Å². The normalized spacial score (nSPS) is 23.7. The van der Waals surface area contributed by atoms with Crippen molar-refractivity contribution in [3.8, 4) is 0 Å². The van der Waals surface area contributed by atoms with Crippen LogP contribution in [0.4, 0.5) is 0 Å². The van der Waals surface area contributed by atoms with Gasteiger partial charge >= 0.3 is 0 Å². The Balaban J connectivity index is 0.990. The molecule has 3 aliphatic rings. The number of carbonyl (C=O) groups is 1. The number of rotatable bonds is 6. The highest BCUT2D eigenvalue weighted by molar-refractivity contribution is 6.06. The third-order valence-electron chi connectivity index (χ3n) is 11.1. The molecule has 5 heterocycles. The third-order valence-corrected chi connectivity index (χ3v) is 11.1. The summed E-state index contributed by atoms with van der Waals surface area (Å²) in [4.78, 5) is 26.8. The molecule has 0 saturated carbocycles. The highest BCUT2D eigenvalue weighted by Crippen LogP contribution is 2.45. The van der Waals surface area contributed by atoms with Crippen LogP contribution in [0.15, 0.2) is 85.1 Å². The van der Waals surface area contributed by atoms with E-state index in [2.05, 4.69) is 80.9 Å². The quantitative estimate of drug-likeness (QED) is 0.233. The van der Waals surface area contributed by atoms with Crippen LogP contribution in [0.2, 0.25) is 0 Å². The molecule has 1 N–H and O–H groups in total. The van der Waals surface area contributed by atoms with Gasteiger partial charge in [0.05, 0.1) is 11.0 Å². The Hall–Kier alpha value is -3.90. The van der Waals surface area contributed by atoms with Crippen molar-refractivity contribution in [1.29, 1.82) is 0 Å². The molecule has 3 aliphatic heterocycles. The van der Waals surface area contributed by atoms with Gasteiger partial charge in [-0.25, -0.2) is 4.98 Å². The number of H-pyrrole nitrogens is 1. The van der Waals surface area contributed by atoms with Crippen LogP contribution in [-0.4, -0.2) is 62.0 Å². The molecule has 5 aromatic rings. The summed E-state index contributed by atoms with van der Waals surface area (Å²) in [6.45, 7) is 4.91. The van der Waals surface area contributed by atoms with E-state index in [4.69, 9.17) is 4.98 Å². The molecule has 2 aromatic heterocycles. The Labute approximate surface area is 253 Å². The van der Waals surface area contributed by atoms with Crippen molar-refractivity contribution >= 4 is 27.8 Å². The molecule has 43 heavy (non-hydrogen) atoms. The Morgan fingerprint density at radius 2 is 1.63 bits per heavy atom. The van der Waals surface area contributed by atoms with Crippen molar-refractivity contribution in [1.82, 2.24) is 24.3 Å². The average Bonchev–Trinajstić information content (AvgIpc) is 3.73. The second-order valence-electron chi connectivity index (χ2n) is 13.2. The number of aryl methyl sites for hydroxylation is 1. The van der Waals surface area contributed by atoms with Gasteiger partial charge in [-0.1, -0.05) is 48.5 Å². The SMILES string of the molecule is Cc1nc2ccccc2n1[C@H]1C[C@H]2CC[C@@H](C1)N2CCC1(c2ccccc2)CCN(C(=O)c2cccc3[nH]ccc23)CC1. The molecule has 1 amide bonds. The van der Waals surface area contributed by atoms with E-state index in [1.54, 1.807) is 0 Å². The van der Waals surface area contributed by atoms with E-state index in [0.29, 0.717) is 18.1 Å². The van der Waals surface area contributed by atoms with Gasteiger partial charge in [0.1, 0.15) is 5.82 Å². The molecule has 0 aliphatic carbocycles. The smallest absolute Gasteiger partial charge is 0.254 e. The summed E-state index contributed by atoms with van der Waals surface area (Å²) < 4.78 is 2.53. The van der Waals surface area contributed by atoms with Gasteiger partial charge < -0.3 is 14.5 Å². The molecule has 6 heteroatoms. The number of aromatic amines is 1. The summed E-state index contributed by atoms with van der Waals surface area (Å²) in [5.41, 5.74) is 5.79. The molecule has 3 atom stereocenters. The maximum Gasteiger partial charge on any atom is 0.254 e. The first-order valence-electron chi connectivity index (χ1n) is 16.2. The lowest BCUT2D eigenvalue weighted by atomic mass is 9.70. The molecule has 0 unspecified atom stereocenters. The van der Waals surface area contributed by atoms with E-state index in [-0.39, 0.29) is 11.3 Å². The Bertz CT molecular complexity index is 1750. The molecule has 0 radical (unpaired) electrons. The molecule has 220 valence electrons. The third kappa shape index (κ3) is 4.58. The molecule has 2 bridgehead atoms. The number of para-hydroxylation sites is 2. The fraction of sp³-hybridized carbons (Fsp3) is 0.405. The molecule has 3 aromatic carbocycles. The Morgan fingerprint density at radius 3 is 2.42 bits per heavy atom. The van der Waals surface area contributed by atoms with Crippen molar-refractivity contribution in [3.63, 3.8) is 0 Å². The standard InChI is InChI=1S/C37H41N5O/c1-26-39-34-11-5-6-13-35(34)42(26)30-24-28-14-15-29(25-30)41(28)23-19-37(27-8-3-2-4-9-27)17-21-40(22-18-37)36(43)32-10-7-12-33-31(32)16-20-38-33/h2-13,16,20,28-30,38H,14-15,17-19,21-25H2,1H3/t28-,29+,30+. The molecule has 6 nitrogen and oxygen atoms in total. The predicted octanol–water partition coefficient (Wildman–Crippen LogP) is 7.26. The van der Waals surface area contributed by atoms with Crippen molar-refractivity contribution in [3.05, 3.63) is 102 Å². The number of amides is 1. The van der Waals surface area contributed by atoms with Crippen molar-refractivity contribution in [2.75, 3.05) is 19.6 Å². The first-order chi connectivity index (χ1) is 21.1. The van der Waals surface area contributed by atoms with Gasteiger partial charge in [0.2, 0.25) is 0 Å². The minimum absolute atomic E-state index is 0.103. The zero-order chi connectivity index (χ0) is 29.0. The molecular formula is C37H41N5O. The number of nitrogens with one attached hydrogen (secondary N) is 1. The van der Waals surface area contributed by atoms with E-state index in [1.165, 1.54) is 36.8 Å². The van der Waals surface area contributed by atoms with Crippen LogP contribution in [0.3, 0.4) is 0 Å². The fourth-order valence-electron chi connectivity index (χ4n) is 8.85. The number of hydrogen-bond donors (Lipinski definition) is 1. The van der Waals surface area contributed by atoms with Gasteiger partial charge in [0, 0.05) is 53.9 Å². The van der Waals surface area contributed by atoms with Gasteiger partial charge in [0.15, 0.2) is 0 Å². The van der Waals surface area contributed by atoms with Gasteiger partial charge in [-0.2, -0.15) is 0 Å². The maximum atomic E-state index is 13.7. The van der Waals surface area contributed by atoms with E-state index in [0.717, 1.165) is 66.7 Å². The number of aromatic nitrogens is 3. The zero-order valence-corrected chi connectivity index (χ0v) is 25.1. The van der Waals surface area contributed by atoms with Gasteiger partial charge in [0.25, 0.3) is 5.91 Å². The summed E-state index contributed by atoms with van der Waals surface area (Å²) in [6.07, 6.45) is 10.1. The maximum absolute atomic E-state index is 13.7. The Morgan fingerprint density at radius 1 is 0.884 bits per heavy atom. The van der Waals surface area contributed by atoms with Crippen LogP contribution >= 0.6 is 0 Å². The van der Waals surface area contributed by atoms with Crippen LogP contribution < -0.4 is 0 Å². The fourth-order valence-corrected chi connectivity index (χ4v) is 8.85. The van der Waals surface area contributed by atoms with Crippen LogP contribution in [0.25, 0.3) is 21.9 Å². The minimum Gasteiger partial charge on any atom is -0.361 e. The molecule has 0 spiro atoms. The highest BCUT2D eigenvalue weighted by atomic mass is 16.2. The van der Waals surface area contributed by atoms with E-state index in [9.17, 15) is 4.79 Å².